The van der Waals surface area contributed by atoms with Crippen LogP contribution in [0.3, 0.4) is 0 Å². The van der Waals surface area contributed by atoms with Crippen molar-refractivity contribution in [3.05, 3.63) is 0 Å². The second-order valence-electron chi connectivity index (χ2n) is 6.59. The first-order chi connectivity index (χ1) is 8.73. The van der Waals surface area contributed by atoms with Crippen LogP contribution in [-0.2, 0) is 0 Å². The first-order valence-corrected chi connectivity index (χ1v) is 8.20. The fourth-order valence-electron chi connectivity index (χ4n) is 3.80. The minimum absolute atomic E-state index is 0.682. The van der Waals surface area contributed by atoms with E-state index >= 15 is 0 Å². The van der Waals surface area contributed by atoms with Crippen LogP contribution in [-0.4, -0.2) is 36.6 Å². The summed E-state index contributed by atoms with van der Waals surface area (Å²) in [5.74, 6) is 0. The van der Waals surface area contributed by atoms with Crippen LogP contribution in [0.5, 0.6) is 0 Å². The van der Waals surface area contributed by atoms with E-state index in [-0.39, 0.29) is 0 Å². The zero-order valence-electron chi connectivity index (χ0n) is 12.7. The van der Waals surface area contributed by atoms with Crippen molar-refractivity contribution in [2.75, 3.05) is 19.6 Å². The van der Waals surface area contributed by atoms with Gasteiger partial charge < -0.3 is 5.32 Å². The zero-order chi connectivity index (χ0) is 13.0. The monoisotopic (exact) mass is 252 g/mol. The van der Waals surface area contributed by atoms with E-state index < -0.39 is 0 Å². The lowest BCUT2D eigenvalue weighted by Crippen LogP contribution is -2.59. The van der Waals surface area contributed by atoms with Crippen LogP contribution in [0.15, 0.2) is 0 Å². The van der Waals surface area contributed by atoms with E-state index in [1.807, 2.05) is 0 Å². The summed E-state index contributed by atoms with van der Waals surface area (Å²) < 4.78 is 0. The Kier molecular flexibility index (Phi) is 5.08. The van der Waals surface area contributed by atoms with Crippen molar-refractivity contribution in [3.63, 3.8) is 0 Å². The van der Waals surface area contributed by atoms with E-state index in [0.29, 0.717) is 5.41 Å². The quantitative estimate of drug-likeness (QED) is 0.779. The van der Waals surface area contributed by atoms with Gasteiger partial charge in [-0.1, -0.05) is 33.6 Å². The van der Waals surface area contributed by atoms with Crippen LogP contribution >= 0.6 is 0 Å². The van der Waals surface area contributed by atoms with Gasteiger partial charge in [0.1, 0.15) is 0 Å². The Labute approximate surface area is 114 Å². The highest BCUT2D eigenvalue weighted by molar-refractivity contribution is 4.94. The lowest BCUT2D eigenvalue weighted by atomic mass is 9.66. The largest absolute Gasteiger partial charge is 0.311 e. The van der Waals surface area contributed by atoms with Crippen molar-refractivity contribution in [3.8, 4) is 0 Å². The first-order valence-electron chi connectivity index (χ1n) is 8.20. The van der Waals surface area contributed by atoms with Crippen molar-refractivity contribution in [2.45, 2.75) is 77.8 Å². The predicted molar refractivity (Wildman–Crippen MR) is 78.9 cm³/mol. The molecule has 2 aliphatic rings. The molecule has 106 valence electrons. The number of piperazine rings is 1. The lowest BCUT2D eigenvalue weighted by molar-refractivity contribution is 0.0189. The van der Waals surface area contributed by atoms with Crippen LogP contribution in [0.1, 0.15) is 65.7 Å². The fraction of sp³-hybridized carbons (Fsp3) is 1.00. The molecular formula is C16H32N2. The Bertz CT molecular complexity index is 242. The molecular weight excluding hydrogens is 220 g/mol. The highest BCUT2D eigenvalue weighted by atomic mass is 15.2. The van der Waals surface area contributed by atoms with Gasteiger partial charge in [0.2, 0.25) is 0 Å². The molecule has 2 rings (SSSR count). The van der Waals surface area contributed by atoms with Gasteiger partial charge in [0.15, 0.2) is 0 Å². The Morgan fingerprint density at radius 3 is 2.50 bits per heavy atom. The molecule has 0 bridgehead atoms. The zero-order valence-corrected chi connectivity index (χ0v) is 12.7. The average Bonchev–Trinajstić information content (AvgIpc) is 2.34. The molecule has 0 aromatic carbocycles. The maximum atomic E-state index is 3.75. The maximum Gasteiger partial charge on any atom is 0.0219 e. The van der Waals surface area contributed by atoms with E-state index in [0.717, 1.165) is 12.1 Å². The molecule has 1 saturated heterocycles. The highest BCUT2D eigenvalue weighted by Crippen LogP contribution is 2.44. The van der Waals surface area contributed by atoms with Gasteiger partial charge in [0.25, 0.3) is 0 Å². The Hall–Kier alpha value is -0.0800. The summed E-state index contributed by atoms with van der Waals surface area (Å²) >= 11 is 0. The van der Waals surface area contributed by atoms with Gasteiger partial charge >= 0.3 is 0 Å². The summed E-state index contributed by atoms with van der Waals surface area (Å²) in [6, 6.07) is 1.52. The Morgan fingerprint density at radius 2 is 2.00 bits per heavy atom. The summed E-state index contributed by atoms with van der Waals surface area (Å²) in [7, 11) is 0. The summed E-state index contributed by atoms with van der Waals surface area (Å²) in [6.07, 6.45) is 9.74. The summed E-state index contributed by atoms with van der Waals surface area (Å²) in [5.41, 5.74) is 0.682. The first kappa shape index (κ1) is 14.3. The van der Waals surface area contributed by atoms with Gasteiger partial charge in [-0.3, -0.25) is 4.90 Å². The molecule has 2 fully saturated rings. The van der Waals surface area contributed by atoms with Crippen molar-refractivity contribution in [1.29, 1.82) is 0 Å². The second kappa shape index (κ2) is 6.38. The van der Waals surface area contributed by atoms with Gasteiger partial charge in [-0.2, -0.15) is 0 Å². The average molecular weight is 252 g/mol. The van der Waals surface area contributed by atoms with E-state index in [2.05, 4.69) is 31.0 Å². The molecule has 1 aliphatic carbocycles. The smallest absolute Gasteiger partial charge is 0.0219 e. The molecule has 1 saturated carbocycles. The highest BCUT2D eigenvalue weighted by Gasteiger charge is 2.39. The number of nitrogens with zero attached hydrogens (tertiary/aromatic N) is 1. The molecule has 0 amide bonds. The van der Waals surface area contributed by atoms with Crippen molar-refractivity contribution in [1.82, 2.24) is 10.2 Å². The third-order valence-electron chi connectivity index (χ3n) is 5.42. The second-order valence-corrected chi connectivity index (χ2v) is 6.59. The molecule has 2 atom stereocenters. The summed E-state index contributed by atoms with van der Waals surface area (Å²) in [6.45, 7) is 10.9. The minimum Gasteiger partial charge on any atom is -0.311 e. The van der Waals surface area contributed by atoms with Crippen LogP contribution in [0.4, 0.5) is 0 Å². The van der Waals surface area contributed by atoms with Crippen molar-refractivity contribution >= 4 is 0 Å². The SMILES string of the molecule is CCCC1CN(CC2(CC)CCC2)C(CC)CN1. The van der Waals surface area contributed by atoms with Gasteiger partial charge in [0.05, 0.1) is 0 Å². The third kappa shape index (κ3) is 3.08. The molecule has 1 N–H and O–H groups in total. The lowest BCUT2D eigenvalue weighted by Gasteiger charge is -2.49. The van der Waals surface area contributed by atoms with E-state index in [1.165, 1.54) is 64.6 Å². The molecule has 0 radical (unpaired) electrons. The number of hydrogen-bond acceptors (Lipinski definition) is 2. The predicted octanol–water partition coefficient (Wildman–Crippen LogP) is 3.42. The van der Waals surface area contributed by atoms with Crippen molar-refractivity contribution in [2.24, 2.45) is 5.41 Å². The number of nitrogens with one attached hydrogen (secondary N) is 1. The molecule has 1 aliphatic heterocycles. The van der Waals surface area contributed by atoms with E-state index in [1.54, 1.807) is 0 Å². The third-order valence-corrected chi connectivity index (χ3v) is 5.42. The fourth-order valence-corrected chi connectivity index (χ4v) is 3.80. The number of hydrogen-bond donors (Lipinski definition) is 1. The Balaban J connectivity index is 1.93. The summed E-state index contributed by atoms with van der Waals surface area (Å²) in [4.78, 5) is 2.82. The van der Waals surface area contributed by atoms with Crippen LogP contribution in [0, 0.1) is 5.41 Å². The maximum absolute atomic E-state index is 3.75. The minimum atomic E-state index is 0.682. The molecule has 0 spiro atoms. The van der Waals surface area contributed by atoms with E-state index in [4.69, 9.17) is 0 Å². The van der Waals surface area contributed by atoms with Crippen LogP contribution in [0.25, 0.3) is 0 Å². The standard InChI is InChI=1S/C16H32N2/c1-4-8-14-12-18(15(5-2)11-17-14)13-16(6-3)9-7-10-16/h14-15,17H,4-13H2,1-3H3. The number of rotatable bonds is 6. The van der Waals surface area contributed by atoms with Crippen LogP contribution in [0.2, 0.25) is 0 Å². The van der Waals surface area contributed by atoms with E-state index in [9.17, 15) is 0 Å². The topological polar surface area (TPSA) is 15.3 Å². The Morgan fingerprint density at radius 1 is 1.22 bits per heavy atom. The molecule has 18 heavy (non-hydrogen) atoms. The molecule has 0 aromatic heterocycles. The van der Waals surface area contributed by atoms with Gasteiger partial charge in [-0.25, -0.2) is 0 Å². The van der Waals surface area contributed by atoms with Gasteiger partial charge in [0, 0.05) is 31.7 Å². The molecule has 0 aromatic rings. The molecule has 2 nitrogen and oxygen atoms in total. The normalized spacial score (nSPS) is 32.2. The summed E-state index contributed by atoms with van der Waals surface area (Å²) in [5, 5.41) is 3.75. The van der Waals surface area contributed by atoms with Gasteiger partial charge in [-0.15, -0.1) is 0 Å². The molecule has 2 heteroatoms. The van der Waals surface area contributed by atoms with Crippen molar-refractivity contribution < 1.29 is 0 Å². The van der Waals surface area contributed by atoms with Gasteiger partial charge in [-0.05, 0) is 37.5 Å². The van der Waals surface area contributed by atoms with Crippen LogP contribution < -0.4 is 5.32 Å². The molecule has 2 unspecified atom stereocenters. The molecule has 1 heterocycles.